The Morgan fingerprint density at radius 2 is 1.57 bits per heavy atom. The largest absolute Gasteiger partial charge is 0.497 e. The van der Waals surface area contributed by atoms with Crippen molar-refractivity contribution in [2.24, 2.45) is 11.0 Å². The number of piperidine rings is 1. The summed E-state index contributed by atoms with van der Waals surface area (Å²) in [4.78, 5) is 15.8. The number of carbonyl (C=O) groups is 1. The van der Waals surface area contributed by atoms with Gasteiger partial charge in [0.15, 0.2) is 0 Å². The highest BCUT2D eigenvalue weighted by atomic mass is 16.5. The average molecular weight is 468 g/mol. The monoisotopic (exact) mass is 467 g/mol. The lowest BCUT2D eigenvalue weighted by Gasteiger charge is -2.33. The Labute approximate surface area is 208 Å². The van der Waals surface area contributed by atoms with Crippen LogP contribution in [0.3, 0.4) is 0 Å². The third kappa shape index (κ3) is 5.63. The first-order valence-corrected chi connectivity index (χ1v) is 12.5. The Balaban J connectivity index is 1.25. The molecule has 2 aliphatic heterocycles. The van der Waals surface area contributed by atoms with Crippen molar-refractivity contribution in [2.75, 3.05) is 26.7 Å². The molecule has 3 aromatic carbocycles. The molecule has 0 saturated carbocycles. The molecule has 0 aliphatic carbocycles. The molecule has 1 fully saturated rings. The van der Waals surface area contributed by atoms with Crippen LogP contribution in [-0.2, 0) is 11.2 Å². The summed E-state index contributed by atoms with van der Waals surface area (Å²) in [7, 11) is 1.67. The number of hydrogen-bond acceptors (Lipinski definition) is 4. The van der Waals surface area contributed by atoms with Crippen LogP contribution in [0.5, 0.6) is 5.75 Å². The minimum Gasteiger partial charge on any atom is -0.497 e. The van der Waals surface area contributed by atoms with Gasteiger partial charge < -0.3 is 4.74 Å². The lowest BCUT2D eigenvalue weighted by Crippen LogP contribution is -2.42. The highest BCUT2D eigenvalue weighted by molar-refractivity contribution is 6.03. The average Bonchev–Trinajstić information content (AvgIpc) is 3.37. The van der Waals surface area contributed by atoms with Gasteiger partial charge in [-0.3, -0.25) is 9.69 Å². The van der Waals surface area contributed by atoms with Gasteiger partial charge in [-0.15, -0.1) is 0 Å². The Bertz CT molecular complexity index is 1140. The van der Waals surface area contributed by atoms with Crippen molar-refractivity contribution < 1.29 is 9.53 Å². The highest BCUT2D eigenvalue weighted by Gasteiger charge is 2.34. The third-order valence-corrected chi connectivity index (χ3v) is 7.21. The molecule has 180 valence electrons. The topological polar surface area (TPSA) is 45.1 Å². The number of rotatable bonds is 7. The maximum absolute atomic E-state index is 13.5. The van der Waals surface area contributed by atoms with Crippen LogP contribution >= 0.6 is 0 Å². The number of hydrogen-bond donors (Lipinski definition) is 0. The molecular weight excluding hydrogens is 434 g/mol. The second-order valence-electron chi connectivity index (χ2n) is 9.55. The summed E-state index contributed by atoms with van der Waals surface area (Å²) < 4.78 is 5.30. The van der Waals surface area contributed by atoms with E-state index in [1.165, 1.54) is 5.56 Å². The number of amides is 1. The fraction of sp³-hybridized carbons (Fsp3) is 0.333. The van der Waals surface area contributed by atoms with Gasteiger partial charge in [-0.25, -0.2) is 5.01 Å². The maximum atomic E-state index is 13.5. The second-order valence-corrected chi connectivity index (χ2v) is 9.55. The summed E-state index contributed by atoms with van der Waals surface area (Å²) in [5, 5.41) is 6.57. The van der Waals surface area contributed by atoms with Crippen molar-refractivity contribution in [3.05, 3.63) is 102 Å². The predicted molar refractivity (Wildman–Crippen MR) is 139 cm³/mol. The summed E-state index contributed by atoms with van der Waals surface area (Å²) in [6.07, 6.45) is 4.09. The molecule has 5 nitrogen and oxygen atoms in total. The van der Waals surface area contributed by atoms with E-state index in [1.807, 2.05) is 42.5 Å². The van der Waals surface area contributed by atoms with Crippen LogP contribution in [0.2, 0.25) is 0 Å². The van der Waals surface area contributed by atoms with Crippen LogP contribution in [0.15, 0.2) is 90.0 Å². The van der Waals surface area contributed by atoms with Crippen molar-refractivity contribution in [2.45, 2.75) is 31.7 Å². The fourth-order valence-electron chi connectivity index (χ4n) is 5.19. The molecule has 1 unspecified atom stereocenters. The van der Waals surface area contributed by atoms with Crippen molar-refractivity contribution in [1.29, 1.82) is 0 Å². The van der Waals surface area contributed by atoms with E-state index in [0.717, 1.165) is 54.9 Å². The molecule has 0 bridgehead atoms. The fourth-order valence-corrected chi connectivity index (χ4v) is 5.19. The van der Waals surface area contributed by atoms with Crippen LogP contribution in [-0.4, -0.2) is 48.3 Å². The van der Waals surface area contributed by atoms with Crippen LogP contribution in [0.4, 0.5) is 0 Å². The summed E-state index contributed by atoms with van der Waals surface area (Å²) >= 11 is 0. The summed E-state index contributed by atoms with van der Waals surface area (Å²) in [6.45, 7) is 2.34. The third-order valence-electron chi connectivity index (χ3n) is 7.21. The molecule has 1 saturated heterocycles. The lowest BCUT2D eigenvalue weighted by molar-refractivity contribution is -0.134. The molecule has 5 heteroatoms. The number of benzene rings is 3. The Morgan fingerprint density at radius 1 is 0.914 bits per heavy atom. The second kappa shape index (κ2) is 10.9. The zero-order valence-electron chi connectivity index (χ0n) is 20.3. The molecule has 1 amide bonds. The number of likely N-dealkylation sites (tertiary alicyclic amines) is 1. The normalized spacial score (nSPS) is 18.9. The molecule has 0 N–H and O–H groups in total. The van der Waals surface area contributed by atoms with E-state index >= 15 is 0 Å². The highest BCUT2D eigenvalue weighted by Crippen LogP contribution is 2.33. The van der Waals surface area contributed by atoms with Crippen LogP contribution in [0.25, 0.3) is 0 Å². The minimum absolute atomic E-state index is 0.0728. The first-order valence-electron chi connectivity index (χ1n) is 12.5. The van der Waals surface area contributed by atoms with Gasteiger partial charge in [0.2, 0.25) is 0 Å². The van der Waals surface area contributed by atoms with E-state index in [0.29, 0.717) is 18.9 Å². The SMILES string of the molecule is COc1ccc(C2=NN(C(=O)CN3CCC(Cc4ccccc4)CC3)C(c3ccccc3)C2)cc1. The van der Waals surface area contributed by atoms with Gasteiger partial charge in [-0.05, 0) is 79.2 Å². The molecule has 0 radical (unpaired) electrons. The summed E-state index contributed by atoms with van der Waals surface area (Å²) in [6, 6.07) is 28.8. The first kappa shape index (κ1) is 23.3. The summed E-state index contributed by atoms with van der Waals surface area (Å²) in [5.41, 5.74) is 4.50. The minimum atomic E-state index is -0.0728. The van der Waals surface area contributed by atoms with Gasteiger partial charge in [0.1, 0.15) is 5.75 Å². The molecular formula is C30H33N3O2. The Kier molecular flexibility index (Phi) is 7.24. The van der Waals surface area contributed by atoms with Crippen molar-refractivity contribution in [1.82, 2.24) is 9.91 Å². The van der Waals surface area contributed by atoms with Crippen molar-refractivity contribution in [3.8, 4) is 5.75 Å². The lowest BCUT2D eigenvalue weighted by atomic mass is 9.90. The molecule has 1 atom stereocenters. The van der Waals surface area contributed by atoms with Crippen LogP contribution in [0, 0.1) is 5.92 Å². The number of methoxy groups -OCH3 is 1. The summed E-state index contributed by atoms with van der Waals surface area (Å²) in [5.74, 6) is 1.58. The van der Waals surface area contributed by atoms with Gasteiger partial charge in [0.25, 0.3) is 5.91 Å². The molecule has 3 aromatic rings. The number of hydrazone groups is 1. The van der Waals surface area contributed by atoms with E-state index in [1.54, 1.807) is 12.1 Å². The Hall–Kier alpha value is -3.44. The molecule has 2 aliphatic rings. The van der Waals surface area contributed by atoms with Crippen molar-refractivity contribution >= 4 is 11.6 Å². The van der Waals surface area contributed by atoms with E-state index in [4.69, 9.17) is 9.84 Å². The predicted octanol–water partition coefficient (Wildman–Crippen LogP) is 5.33. The van der Waals surface area contributed by atoms with Crippen LogP contribution in [0.1, 0.15) is 42.0 Å². The standard InChI is InChI=1S/C30H33N3O2/c1-35-27-14-12-25(13-15-27)28-21-29(26-10-6-3-7-11-26)33(31-28)30(34)22-32-18-16-24(17-19-32)20-23-8-4-2-5-9-23/h2-15,24,29H,16-22H2,1H3. The number of carbonyl (C=O) groups excluding carboxylic acids is 1. The van der Waals surface area contributed by atoms with Gasteiger partial charge in [-0.2, -0.15) is 5.10 Å². The van der Waals surface area contributed by atoms with Gasteiger partial charge >= 0.3 is 0 Å². The quantitative estimate of drug-likeness (QED) is 0.472. The van der Waals surface area contributed by atoms with E-state index < -0.39 is 0 Å². The maximum Gasteiger partial charge on any atom is 0.257 e. The van der Waals surface area contributed by atoms with E-state index in [2.05, 4.69) is 47.4 Å². The first-order chi connectivity index (χ1) is 17.2. The zero-order valence-corrected chi connectivity index (χ0v) is 20.3. The van der Waals surface area contributed by atoms with Crippen LogP contribution < -0.4 is 4.74 Å². The number of nitrogens with zero attached hydrogens (tertiary/aromatic N) is 3. The van der Waals surface area contributed by atoms with Gasteiger partial charge in [0, 0.05) is 6.42 Å². The molecule has 2 heterocycles. The number of ether oxygens (including phenoxy) is 1. The van der Waals surface area contributed by atoms with Crippen molar-refractivity contribution in [3.63, 3.8) is 0 Å². The molecule has 0 aromatic heterocycles. The molecule has 35 heavy (non-hydrogen) atoms. The van der Waals surface area contributed by atoms with E-state index in [-0.39, 0.29) is 11.9 Å². The van der Waals surface area contributed by atoms with Gasteiger partial charge in [0.05, 0.1) is 25.4 Å². The Morgan fingerprint density at radius 3 is 2.23 bits per heavy atom. The van der Waals surface area contributed by atoms with E-state index in [9.17, 15) is 4.79 Å². The van der Waals surface area contributed by atoms with Gasteiger partial charge in [-0.1, -0.05) is 60.7 Å². The zero-order chi connectivity index (χ0) is 24.0. The smallest absolute Gasteiger partial charge is 0.257 e. The molecule has 0 spiro atoms. The molecule has 5 rings (SSSR count).